The van der Waals surface area contributed by atoms with Gasteiger partial charge < -0.3 is 9.84 Å². The van der Waals surface area contributed by atoms with Crippen LogP contribution in [0, 0.1) is 6.07 Å². The van der Waals surface area contributed by atoms with Crippen LogP contribution in [0.15, 0.2) is 24.3 Å². The highest BCUT2D eigenvalue weighted by atomic mass is 16.5. The van der Waals surface area contributed by atoms with Gasteiger partial charge in [-0.2, -0.15) is 0 Å². The maximum atomic E-state index is 9.01. The van der Waals surface area contributed by atoms with E-state index in [-0.39, 0.29) is 6.10 Å². The average Bonchev–Trinajstić information content (AvgIpc) is 2.15. The zero-order valence-electron chi connectivity index (χ0n) is 8.03. The monoisotopic (exact) mass is 179 g/mol. The zero-order valence-corrected chi connectivity index (χ0v) is 8.03. The fraction of sp³-hybridized carbons (Fsp3) is 0.455. The molecule has 1 aromatic carbocycles. The molecule has 0 saturated carbocycles. The average molecular weight is 179 g/mol. The highest BCUT2D eigenvalue weighted by Gasteiger charge is 2.05. The Morgan fingerprint density at radius 3 is 2.77 bits per heavy atom. The van der Waals surface area contributed by atoms with Gasteiger partial charge in [0, 0.05) is 0 Å². The Morgan fingerprint density at radius 2 is 2.23 bits per heavy atom. The van der Waals surface area contributed by atoms with Crippen LogP contribution in [-0.4, -0.2) is 17.8 Å². The van der Waals surface area contributed by atoms with Gasteiger partial charge >= 0.3 is 0 Å². The van der Waals surface area contributed by atoms with Crippen LogP contribution in [-0.2, 0) is 4.74 Å². The Balaban J connectivity index is 2.44. The van der Waals surface area contributed by atoms with Crippen LogP contribution < -0.4 is 0 Å². The van der Waals surface area contributed by atoms with Gasteiger partial charge in [-0.05, 0) is 25.5 Å². The van der Waals surface area contributed by atoms with E-state index in [0.717, 1.165) is 5.56 Å². The molecule has 0 aromatic heterocycles. The van der Waals surface area contributed by atoms with E-state index in [0.29, 0.717) is 6.61 Å². The SMILES string of the molecule is C[C@@H](O)CO[C@H](C)c1[c]cccc1. The minimum absolute atomic E-state index is 0.00389. The fourth-order valence-corrected chi connectivity index (χ4v) is 1.03. The highest BCUT2D eigenvalue weighted by Crippen LogP contribution is 2.15. The van der Waals surface area contributed by atoms with E-state index in [2.05, 4.69) is 6.07 Å². The van der Waals surface area contributed by atoms with E-state index >= 15 is 0 Å². The van der Waals surface area contributed by atoms with Crippen molar-refractivity contribution < 1.29 is 9.84 Å². The molecule has 0 aliphatic carbocycles. The van der Waals surface area contributed by atoms with Crippen LogP contribution in [0.4, 0.5) is 0 Å². The van der Waals surface area contributed by atoms with Crippen molar-refractivity contribution >= 4 is 0 Å². The molecule has 1 rings (SSSR count). The molecule has 0 spiro atoms. The van der Waals surface area contributed by atoms with Gasteiger partial charge in [0.05, 0.1) is 18.8 Å². The second kappa shape index (κ2) is 5.00. The van der Waals surface area contributed by atoms with Gasteiger partial charge in [-0.15, -0.1) is 0 Å². The lowest BCUT2D eigenvalue weighted by Crippen LogP contribution is -2.12. The first-order valence-corrected chi connectivity index (χ1v) is 4.46. The lowest BCUT2D eigenvalue weighted by atomic mass is 10.1. The third-order valence-electron chi connectivity index (χ3n) is 1.76. The van der Waals surface area contributed by atoms with Crippen molar-refractivity contribution in [2.75, 3.05) is 6.61 Å². The first-order valence-electron chi connectivity index (χ1n) is 4.46. The second-order valence-corrected chi connectivity index (χ2v) is 3.14. The maximum Gasteiger partial charge on any atom is 0.0804 e. The number of benzene rings is 1. The van der Waals surface area contributed by atoms with Gasteiger partial charge in [0.2, 0.25) is 0 Å². The number of hydrogen-bond acceptors (Lipinski definition) is 2. The predicted octanol–water partition coefficient (Wildman–Crippen LogP) is 1.95. The molecule has 2 atom stereocenters. The standard InChI is InChI=1S/C11H15O2/c1-9(12)8-13-10(2)11-6-4-3-5-7-11/h3-6,9-10,12H,8H2,1-2H3/t9-,10-/m1/s1. The Morgan fingerprint density at radius 1 is 1.46 bits per heavy atom. The zero-order chi connectivity index (χ0) is 9.68. The molecule has 1 aromatic rings. The summed E-state index contributed by atoms with van der Waals surface area (Å²) >= 11 is 0. The maximum absolute atomic E-state index is 9.01. The molecular formula is C11H15O2. The predicted molar refractivity (Wildman–Crippen MR) is 51.3 cm³/mol. The first-order chi connectivity index (χ1) is 6.20. The highest BCUT2D eigenvalue weighted by molar-refractivity contribution is 5.15. The van der Waals surface area contributed by atoms with Gasteiger partial charge in [0.1, 0.15) is 0 Å². The summed E-state index contributed by atoms with van der Waals surface area (Å²) in [5.41, 5.74) is 1.02. The van der Waals surface area contributed by atoms with E-state index in [4.69, 9.17) is 9.84 Å². The van der Waals surface area contributed by atoms with Crippen LogP contribution in [0.2, 0.25) is 0 Å². The molecule has 0 aliphatic rings. The van der Waals surface area contributed by atoms with Crippen LogP contribution >= 0.6 is 0 Å². The molecule has 0 bridgehead atoms. The Kier molecular flexibility index (Phi) is 3.93. The lowest BCUT2D eigenvalue weighted by molar-refractivity contribution is 0.00439. The Labute approximate surface area is 79.2 Å². The van der Waals surface area contributed by atoms with E-state index in [9.17, 15) is 0 Å². The molecule has 1 radical (unpaired) electrons. The van der Waals surface area contributed by atoms with Crippen molar-refractivity contribution in [3.63, 3.8) is 0 Å². The number of aliphatic hydroxyl groups is 1. The number of ether oxygens (including phenoxy) is 1. The summed E-state index contributed by atoms with van der Waals surface area (Å²) in [5, 5.41) is 9.01. The van der Waals surface area contributed by atoms with Crippen molar-refractivity contribution in [3.05, 3.63) is 35.9 Å². The van der Waals surface area contributed by atoms with Crippen molar-refractivity contribution in [2.45, 2.75) is 26.1 Å². The molecular weight excluding hydrogens is 164 g/mol. The second-order valence-electron chi connectivity index (χ2n) is 3.14. The van der Waals surface area contributed by atoms with Gasteiger partial charge in [-0.25, -0.2) is 0 Å². The summed E-state index contributed by atoms with van der Waals surface area (Å²) in [6.07, 6.45) is -0.415. The molecule has 0 heterocycles. The van der Waals surface area contributed by atoms with Crippen LogP contribution in [0.1, 0.15) is 25.5 Å². The largest absolute Gasteiger partial charge is 0.391 e. The summed E-state index contributed by atoms with van der Waals surface area (Å²) in [4.78, 5) is 0. The lowest BCUT2D eigenvalue weighted by Gasteiger charge is -2.13. The summed E-state index contributed by atoms with van der Waals surface area (Å²) in [5.74, 6) is 0. The number of hydrogen-bond donors (Lipinski definition) is 1. The van der Waals surface area contributed by atoms with E-state index in [1.807, 2.05) is 31.2 Å². The van der Waals surface area contributed by atoms with E-state index < -0.39 is 6.10 Å². The van der Waals surface area contributed by atoms with Gasteiger partial charge in [0.15, 0.2) is 0 Å². The molecule has 2 heteroatoms. The third-order valence-corrected chi connectivity index (χ3v) is 1.76. The van der Waals surface area contributed by atoms with E-state index in [1.54, 1.807) is 6.92 Å². The molecule has 0 unspecified atom stereocenters. The Bertz CT molecular complexity index is 231. The molecule has 0 amide bonds. The van der Waals surface area contributed by atoms with Crippen LogP contribution in [0.5, 0.6) is 0 Å². The summed E-state index contributed by atoms with van der Waals surface area (Å²) < 4.78 is 5.41. The molecule has 0 fully saturated rings. The summed E-state index contributed by atoms with van der Waals surface area (Å²) in [7, 11) is 0. The summed E-state index contributed by atoms with van der Waals surface area (Å²) in [6.45, 7) is 4.03. The normalized spacial score (nSPS) is 15.3. The van der Waals surface area contributed by atoms with Crippen LogP contribution in [0.3, 0.4) is 0 Å². The number of rotatable bonds is 4. The van der Waals surface area contributed by atoms with Gasteiger partial charge in [-0.3, -0.25) is 0 Å². The molecule has 0 saturated heterocycles. The van der Waals surface area contributed by atoms with E-state index in [1.165, 1.54) is 0 Å². The minimum atomic E-state index is -0.411. The molecule has 13 heavy (non-hydrogen) atoms. The molecule has 0 aliphatic heterocycles. The number of aliphatic hydroxyl groups excluding tert-OH is 1. The van der Waals surface area contributed by atoms with Crippen molar-refractivity contribution in [3.8, 4) is 0 Å². The Hall–Kier alpha value is -0.860. The fourth-order valence-electron chi connectivity index (χ4n) is 1.03. The topological polar surface area (TPSA) is 29.5 Å². The molecule has 2 nitrogen and oxygen atoms in total. The molecule has 71 valence electrons. The van der Waals surface area contributed by atoms with Crippen molar-refractivity contribution in [1.29, 1.82) is 0 Å². The van der Waals surface area contributed by atoms with Crippen molar-refractivity contribution in [1.82, 2.24) is 0 Å². The van der Waals surface area contributed by atoms with Gasteiger partial charge in [0.25, 0.3) is 0 Å². The van der Waals surface area contributed by atoms with Crippen molar-refractivity contribution in [2.24, 2.45) is 0 Å². The van der Waals surface area contributed by atoms with Gasteiger partial charge in [-0.1, -0.05) is 24.3 Å². The molecule has 1 N–H and O–H groups in total. The third kappa shape index (κ3) is 3.57. The minimum Gasteiger partial charge on any atom is -0.391 e. The quantitative estimate of drug-likeness (QED) is 0.765. The smallest absolute Gasteiger partial charge is 0.0804 e. The van der Waals surface area contributed by atoms with Crippen LogP contribution in [0.25, 0.3) is 0 Å². The summed E-state index contributed by atoms with van der Waals surface area (Å²) in [6, 6.07) is 10.8. The first kappa shape index (κ1) is 10.2.